The fourth-order valence-electron chi connectivity index (χ4n) is 5.74. The van der Waals surface area contributed by atoms with E-state index >= 15 is 0 Å². The lowest BCUT2D eigenvalue weighted by molar-refractivity contribution is 0.101. The van der Waals surface area contributed by atoms with E-state index in [9.17, 15) is 9.59 Å². The van der Waals surface area contributed by atoms with Crippen LogP contribution in [0.25, 0.3) is 21.5 Å². The number of fused-ring (bicyclic) bond motifs is 2. The van der Waals surface area contributed by atoms with Gasteiger partial charge in [-0.1, -0.05) is 109 Å². The highest BCUT2D eigenvalue weighted by atomic mass is 16.2. The molecule has 7 aromatic carbocycles. The molecule has 0 aliphatic heterocycles. The second-order valence-electron chi connectivity index (χ2n) is 10.8. The number of anilines is 6. The van der Waals surface area contributed by atoms with Gasteiger partial charge in [-0.05, 0) is 70.1 Å². The second-order valence-corrected chi connectivity index (χ2v) is 10.8. The normalized spacial score (nSPS) is 10.8. The molecular formula is C40H30N4O2. The van der Waals surface area contributed by atoms with Crippen LogP contribution in [0.3, 0.4) is 0 Å². The van der Waals surface area contributed by atoms with Crippen molar-refractivity contribution >= 4 is 67.5 Å². The Morgan fingerprint density at radius 3 is 0.957 bits per heavy atom. The van der Waals surface area contributed by atoms with Gasteiger partial charge in [0, 0.05) is 11.4 Å². The Balaban J connectivity index is 1.28. The van der Waals surface area contributed by atoms with Crippen molar-refractivity contribution in [3.63, 3.8) is 0 Å². The summed E-state index contributed by atoms with van der Waals surface area (Å²) in [5.74, 6) is -0.529. The highest BCUT2D eigenvalue weighted by Gasteiger charge is 2.23. The zero-order valence-corrected chi connectivity index (χ0v) is 24.8. The van der Waals surface area contributed by atoms with Crippen molar-refractivity contribution in [2.75, 3.05) is 21.3 Å². The Morgan fingerprint density at radius 1 is 0.326 bits per heavy atom. The van der Waals surface area contributed by atoms with Gasteiger partial charge in [0.15, 0.2) is 0 Å². The van der Waals surface area contributed by atoms with Gasteiger partial charge in [-0.25, -0.2) is 0 Å². The molecule has 0 atom stereocenters. The summed E-state index contributed by atoms with van der Waals surface area (Å²) in [6.07, 6.45) is 0. The fraction of sp³-hybridized carbons (Fsp3) is 0. The number of carbonyl (C=O) groups is 2. The average Bonchev–Trinajstić information content (AvgIpc) is 3.09. The van der Waals surface area contributed by atoms with Crippen LogP contribution < -0.4 is 21.3 Å². The highest BCUT2D eigenvalue weighted by molar-refractivity contribution is 6.30. The van der Waals surface area contributed by atoms with E-state index in [0.29, 0.717) is 44.0 Å². The molecule has 0 fully saturated rings. The van der Waals surface area contributed by atoms with Gasteiger partial charge in [0.25, 0.3) is 11.8 Å². The van der Waals surface area contributed by atoms with Crippen molar-refractivity contribution in [1.82, 2.24) is 0 Å². The number of para-hydroxylation sites is 6. The van der Waals surface area contributed by atoms with E-state index in [1.807, 2.05) is 158 Å². The molecule has 46 heavy (non-hydrogen) atoms. The van der Waals surface area contributed by atoms with Gasteiger partial charge in [-0.15, -0.1) is 0 Å². The molecule has 0 heterocycles. The second kappa shape index (κ2) is 12.7. The molecule has 7 rings (SSSR count). The zero-order chi connectivity index (χ0) is 31.3. The highest BCUT2D eigenvalue weighted by Crippen LogP contribution is 2.36. The number of rotatable bonds is 8. The van der Waals surface area contributed by atoms with Crippen LogP contribution in [0.1, 0.15) is 20.7 Å². The van der Waals surface area contributed by atoms with Crippen LogP contribution in [0, 0.1) is 0 Å². The lowest BCUT2D eigenvalue weighted by Gasteiger charge is -2.18. The van der Waals surface area contributed by atoms with Crippen molar-refractivity contribution in [3.05, 3.63) is 169 Å². The first-order valence-corrected chi connectivity index (χ1v) is 15.0. The summed E-state index contributed by atoms with van der Waals surface area (Å²) in [6, 6.07) is 50.0. The van der Waals surface area contributed by atoms with Crippen molar-refractivity contribution in [3.8, 4) is 0 Å². The van der Waals surface area contributed by atoms with Gasteiger partial charge in [-0.2, -0.15) is 0 Å². The molecule has 0 spiro atoms. The van der Waals surface area contributed by atoms with E-state index in [-0.39, 0.29) is 11.8 Å². The van der Waals surface area contributed by atoms with Gasteiger partial charge >= 0.3 is 0 Å². The molecule has 0 aromatic heterocycles. The molecule has 222 valence electrons. The number of hydrogen-bond donors (Lipinski definition) is 4. The van der Waals surface area contributed by atoms with Crippen molar-refractivity contribution < 1.29 is 9.59 Å². The molecule has 0 aliphatic rings. The molecular weight excluding hydrogens is 568 g/mol. The summed E-state index contributed by atoms with van der Waals surface area (Å²) in [7, 11) is 0. The molecule has 2 amide bonds. The maximum absolute atomic E-state index is 14.2. The van der Waals surface area contributed by atoms with E-state index in [0.717, 1.165) is 22.7 Å². The number of carbonyl (C=O) groups excluding carboxylic acids is 2. The molecule has 4 N–H and O–H groups in total. The Morgan fingerprint density at radius 2 is 0.609 bits per heavy atom. The van der Waals surface area contributed by atoms with Crippen molar-refractivity contribution in [2.24, 2.45) is 0 Å². The number of benzene rings is 7. The van der Waals surface area contributed by atoms with Crippen LogP contribution in [0.2, 0.25) is 0 Å². The summed E-state index contributed by atoms with van der Waals surface area (Å²) in [5, 5.41) is 15.8. The third-order valence-corrected chi connectivity index (χ3v) is 7.84. The molecule has 0 bridgehead atoms. The number of nitrogens with one attached hydrogen (secondary N) is 4. The molecule has 7 aromatic rings. The van der Waals surface area contributed by atoms with E-state index < -0.39 is 0 Å². The average molecular weight is 599 g/mol. The summed E-state index contributed by atoms with van der Waals surface area (Å²) in [5.41, 5.74) is 5.67. The summed E-state index contributed by atoms with van der Waals surface area (Å²) >= 11 is 0. The molecule has 6 nitrogen and oxygen atoms in total. The summed E-state index contributed by atoms with van der Waals surface area (Å²) in [6.45, 7) is 0. The standard InChI is InChI=1S/C40H30N4O2/c45-39(43-35-25-13-11-23-33(35)41-27-15-3-1-4-16-27)37-29-19-7-9-21-31(29)38(32-22-10-8-20-30(32)37)40(46)44-36-26-14-12-24-34(36)42-28-17-5-2-6-18-28/h1-26,41-42H,(H,43,45)(H,44,46). The molecule has 0 saturated heterocycles. The summed E-state index contributed by atoms with van der Waals surface area (Å²) in [4.78, 5) is 28.4. The first-order valence-electron chi connectivity index (χ1n) is 15.0. The predicted octanol–water partition coefficient (Wildman–Crippen LogP) is 9.98. The minimum atomic E-state index is -0.265. The molecule has 0 radical (unpaired) electrons. The first-order chi connectivity index (χ1) is 22.7. The Hall–Kier alpha value is -6.40. The van der Waals surface area contributed by atoms with Crippen molar-refractivity contribution in [2.45, 2.75) is 0 Å². The van der Waals surface area contributed by atoms with Crippen LogP contribution in [-0.2, 0) is 0 Å². The Labute approximate surface area is 266 Å². The van der Waals surface area contributed by atoms with Crippen LogP contribution in [0.4, 0.5) is 34.1 Å². The largest absolute Gasteiger partial charge is 0.354 e. The number of hydrogen-bond acceptors (Lipinski definition) is 4. The quantitative estimate of drug-likeness (QED) is 0.131. The fourth-order valence-corrected chi connectivity index (χ4v) is 5.74. The van der Waals surface area contributed by atoms with E-state index in [2.05, 4.69) is 21.3 Å². The predicted molar refractivity (Wildman–Crippen MR) is 190 cm³/mol. The van der Waals surface area contributed by atoms with E-state index in [1.165, 1.54) is 0 Å². The molecule has 6 heteroatoms. The number of amides is 2. The maximum atomic E-state index is 14.2. The van der Waals surface area contributed by atoms with Crippen molar-refractivity contribution in [1.29, 1.82) is 0 Å². The van der Waals surface area contributed by atoms with Gasteiger partial charge in [-0.3, -0.25) is 9.59 Å². The van der Waals surface area contributed by atoms with Gasteiger partial charge < -0.3 is 21.3 Å². The minimum absolute atomic E-state index is 0.265. The van der Waals surface area contributed by atoms with Gasteiger partial charge in [0.05, 0.1) is 33.9 Å². The van der Waals surface area contributed by atoms with Gasteiger partial charge in [0.1, 0.15) is 0 Å². The topological polar surface area (TPSA) is 82.3 Å². The Kier molecular flexibility index (Phi) is 7.82. The third-order valence-electron chi connectivity index (χ3n) is 7.84. The zero-order valence-electron chi connectivity index (χ0n) is 24.8. The minimum Gasteiger partial charge on any atom is -0.354 e. The van der Waals surface area contributed by atoms with Gasteiger partial charge in [0.2, 0.25) is 0 Å². The SMILES string of the molecule is O=C(Nc1ccccc1Nc1ccccc1)c1c2ccccc2c(C(=O)Nc2ccccc2Nc2ccccc2)c2ccccc12. The molecule has 0 unspecified atom stereocenters. The monoisotopic (exact) mass is 598 g/mol. The van der Waals surface area contributed by atoms with Crippen LogP contribution in [0.5, 0.6) is 0 Å². The van der Waals surface area contributed by atoms with E-state index in [1.54, 1.807) is 0 Å². The smallest absolute Gasteiger partial charge is 0.256 e. The Bertz CT molecular complexity index is 1980. The van der Waals surface area contributed by atoms with Crippen LogP contribution in [0.15, 0.2) is 158 Å². The molecule has 0 aliphatic carbocycles. The third kappa shape index (κ3) is 5.75. The van der Waals surface area contributed by atoms with Crippen LogP contribution >= 0.6 is 0 Å². The summed E-state index contributed by atoms with van der Waals surface area (Å²) < 4.78 is 0. The first kappa shape index (κ1) is 28.4. The van der Waals surface area contributed by atoms with Crippen LogP contribution in [-0.4, -0.2) is 11.8 Å². The maximum Gasteiger partial charge on any atom is 0.256 e. The van der Waals surface area contributed by atoms with E-state index in [4.69, 9.17) is 0 Å². The lowest BCUT2D eigenvalue weighted by atomic mass is 9.90. The molecule has 0 saturated carbocycles. The lowest BCUT2D eigenvalue weighted by Crippen LogP contribution is -2.17.